The molecule has 0 fully saturated rings. The number of benzene rings is 1. The number of nitrogens with zero attached hydrogens (tertiary/aromatic N) is 4. The molecule has 0 aliphatic heterocycles. The van der Waals surface area contributed by atoms with E-state index in [0.717, 1.165) is 10.7 Å². The molecule has 0 unspecified atom stereocenters. The van der Waals surface area contributed by atoms with Crippen LogP contribution < -0.4 is 5.56 Å². The van der Waals surface area contributed by atoms with Crippen LogP contribution in [0.5, 0.6) is 0 Å². The Kier molecular flexibility index (Phi) is 2.57. The second-order valence-electron chi connectivity index (χ2n) is 3.85. The minimum atomic E-state index is -0.125. The Balaban J connectivity index is 2.66. The number of rotatable bonds is 1. The van der Waals surface area contributed by atoms with Crippen molar-refractivity contribution in [3.63, 3.8) is 0 Å². The molecule has 7 heteroatoms. The number of halogens is 1. The van der Waals surface area contributed by atoms with Crippen molar-refractivity contribution < 1.29 is 0 Å². The fraction of sp³-hybridized carbons (Fsp3) is 0.182. The second-order valence-corrected chi connectivity index (χ2v) is 5.06. The van der Waals surface area contributed by atoms with Crippen LogP contribution in [0.1, 0.15) is 0 Å². The summed E-state index contributed by atoms with van der Waals surface area (Å²) in [6, 6.07) is 5.24. The van der Waals surface area contributed by atoms with E-state index in [0.29, 0.717) is 16.2 Å². The molecule has 2 aromatic heterocycles. The molecule has 0 radical (unpaired) electrons. The van der Waals surface area contributed by atoms with Crippen molar-refractivity contribution in [2.24, 2.45) is 7.05 Å². The Morgan fingerprint density at radius 2 is 2.11 bits per heavy atom. The van der Waals surface area contributed by atoms with Crippen molar-refractivity contribution in [3.05, 3.63) is 33.6 Å². The Morgan fingerprint density at radius 3 is 2.83 bits per heavy atom. The lowest BCUT2D eigenvalue weighted by Gasteiger charge is -2.07. The van der Waals surface area contributed by atoms with Crippen LogP contribution in [-0.2, 0) is 7.05 Å². The Bertz CT molecular complexity index is 823. The van der Waals surface area contributed by atoms with Crippen LogP contribution in [0.4, 0.5) is 0 Å². The summed E-state index contributed by atoms with van der Waals surface area (Å²) in [6.45, 7) is 0. The minimum absolute atomic E-state index is 0.125. The number of hydrogen-bond donors (Lipinski definition) is 0. The SMILES string of the molecule is CSc1nnc2n(C)c(=O)c3cc(Cl)ccc3n12. The molecule has 0 atom stereocenters. The van der Waals surface area contributed by atoms with Gasteiger partial charge in [-0.05, 0) is 24.5 Å². The van der Waals surface area contributed by atoms with Crippen molar-refractivity contribution in [1.29, 1.82) is 0 Å². The summed E-state index contributed by atoms with van der Waals surface area (Å²) in [7, 11) is 1.68. The second kappa shape index (κ2) is 4.00. The van der Waals surface area contributed by atoms with Crippen LogP contribution in [-0.4, -0.2) is 25.4 Å². The highest BCUT2D eigenvalue weighted by molar-refractivity contribution is 7.98. The molecule has 0 N–H and O–H groups in total. The van der Waals surface area contributed by atoms with Crippen molar-refractivity contribution >= 4 is 40.0 Å². The van der Waals surface area contributed by atoms with Gasteiger partial charge in [0.1, 0.15) is 0 Å². The topological polar surface area (TPSA) is 52.2 Å². The van der Waals surface area contributed by atoms with Gasteiger partial charge in [0.05, 0.1) is 10.9 Å². The van der Waals surface area contributed by atoms with Gasteiger partial charge in [-0.15, -0.1) is 10.2 Å². The van der Waals surface area contributed by atoms with Crippen molar-refractivity contribution in [3.8, 4) is 0 Å². The van der Waals surface area contributed by atoms with Crippen LogP contribution in [0.25, 0.3) is 16.7 Å². The number of thioether (sulfide) groups is 1. The van der Waals surface area contributed by atoms with E-state index in [1.165, 1.54) is 16.3 Å². The van der Waals surface area contributed by atoms with Gasteiger partial charge in [-0.1, -0.05) is 23.4 Å². The van der Waals surface area contributed by atoms with Crippen LogP contribution >= 0.6 is 23.4 Å². The van der Waals surface area contributed by atoms with Crippen LogP contribution in [0.3, 0.4) is 0 Å². The first-order valence-corrected chi connectivity index (χ1v) is 6.81. The molecule has 0 saturated heterocycles. The molecule has 0 aliphatic rings. The first kappa shape index (κ1) is 11.6. The first-order valence-electron chi connectivity index (χ1n) is 5.21. The molecule has 0 aliphatic carbocycles. The molecule has 92 valence electrons. The maximum absolute atomic E-state index is 12.2. The summed E-state index contributed by atoms with van der Waals surface area (Å²) in [5, 5.41) is 9.96. The summed E-state index contributed by atoms with van der Waals surface area (Å²) in [5.41, 5.74) is 0.645. The molecule has 0 bridgehead atoms. The molecular formula is C11H9ClN4OS. The lowest BCUT2D eigenvalue weighted by molar-refractivity contribution is 0.854. The molecule has 18 heavy (non-hydrogen) atoms. The van der Waals surface area contributed by atoms with Crippen molar-refractivity contribution in [1.82, 2.24) is 19.2 Å². The van der Waals surface area contributed by atoms with Crippen molar-refractivity contribution in [2.45, 2.75) is 5.16 Å². The summed E-state index contributed by atoms with van der Waals surface area (Å²) >= 11 is 7.43. The third-order valence-corrected chi connectivity index (χ3v) is 3.70. The molecule has 2 heterocycles. The van der Waals surface area contributed by atoms with Gasteiger partial charge in [-0.25, -0.2) is 0 Å². The normalized spacial score (nSPS) is 11.5. The largest absolute Gasteiger partial charge is 0.279 e. The number of fused-ring (bicyclic) bond motifs is 3. The van der Waals surface area contributed by atoms with Gasteiger partial charge in [-0.3, -0.25) is 13.8 Å². The van der Waals surface area contributed by atoms with E-state index in [1.807, 2.05) is 16.7 Å². The van der Waals surface area contributed by atoms with Crippen molar-refractivity contribution in [2.75, 3.05) is 6.26 Å². The molecule has 1 aromatic carbocycles. The van der Waals surface area contributed by atoms with Crippen LogP contribution in [0.15, 0.2) is 28.2 Å². The third-order valence-electron chi connectivity index (χ3n) is 2.83. The number of aromatic nitrogens is 4. The quantitative estimate of drug-likeness (QED) is 0.640. The highest BCUT2D eigenvalue weighted by atomic mass is 35.5. The minimum Gasteiger partial charge on any atom is -0.279 e. The van der Waals surface area contributed by atoms with Gasteiger partial charge in [0.25, 0.3) is 5.56 Å². The zero-order valence-electron chi connectivity index (χ0n) is 9.72. The molecule has 3 rings (SSSR count). The standard InChI is InChI=1S/C11H9ClN4OS/c1-15-9(17)7-5-6(12)3-4-8(7)16-10(15)13-14-11(16)18-2/h3-5H,1-2H3. The molecular weight excluding hydrogens is 272 g/mol. The average Bonchev–Trinajstić information content (AvgIpc) is 2.80. The average molecular weight is 281 g/mol. The van der Waals surface area contributed by atoms with Crippen LogP contribution in [0, 0.1) is 0 Å². The van der Waals surface area contributed by atoms with Gasteiger partial charge in [0.2, 0.25) is 5.78 Å². The smallest absolute Gasteiger partial charge is 0.262 e. The molecule has 5 nitrogen and oxygen atoms in total. The van der Waals surface area contributed by atoms with E-state index in [9.17, 15) is 4.79 Å². The van der Waals surface area contributed by atoms with Gasteiger partial charge < -0.3 is 0 Å². The van der Waals surface area contributed by atoms with E-state index >= 15 is 0 Å². The van der Waals surface area contributed by atoms with E-state index in [1.54, 1.807) is 19.2 Å². The molecule has 3 aromatic rings. The van der Waals surface area contributed by atoms with E-state index in [-0.39, 0.29) is 5.56 Å². The molecule has 0 amide bonds. The highest BCUT2D eigenvalue weighted by Crippen LogP contribution is 2.21. The third kappa shape index (κ3) is 1.46. The zero-order chi connectivity index (χ0) is 12.9. The van der Waals surface area contributed by atoms with Crippen LogP contribution in [0.2, 0.25) is 5.02 Å². The maximum Gasteiger partial charge on any atom is 0.262 e. The van der Waals surface area contributed by atoms with E-state index in [4.69, 9.17) is 11.6 Å². The highest BCUT2D eigenvalue weighted by Gasteiger charge is 2.14. The zero-order valence-corrected chi connectivity index (χ0v) is 11.3. The van der Waals surface area contributed by atoms with Gasteiger partial charge in [0, 0.05) is 12.1 Å². The van der Waals surface area contributed by atoms with E-state index < -0.39 is 0 Å². The lowest BCUT2D eigenvalue weighted by atomic mass is 10.2. The number of aryl methyl sites for hydroxylation is 1. The predicted molar refractivity (Wildman–Crippen MR) is 72.5 cm³/mol. The summed E-state index contributed by atoms with van der Waals surface area (Å²) < 4.78 is 3.34. The number of hydrogen-bond acceptors (Lipinski definition) is 4. The lowest BCUT2D eigenvalue weighted by Crippen LogP contribution is -2.20. The first-order chi connectivity index (χ1) is 8.63. The van der Waals surface area contributed by atoms with Gasteiger partial charge in [0.15, 0.2) is 5.16 Å². The monoisotopic (exact) mass is 280 g/mol. The Labute approximate surface area is 111 Å². The Hall–Kier alpha value is -1.53. The Morgan fingerprint density at radius 1 is 1.33 bits per heavy atom. The summed E-state index contributed by atoms with van der Waals surface area (Å²) in [4.78, 5) is 12.2. The summed E-state index contributed by atoms with van der Waals surface area (Å²) in [5.74, 6) is 0.527. The fourth-order valence-electron chi connectivity index (χ4n) is 1.97. The predicted octanol–water partition coefficient (Wildman–Crippen LogP) is 1.96. The summed E-state index contributed by atoms with van der Waals surface area (Å²) in [6.07, 6.45) is 1.92. The van der Waals surface area contributed by atoms with Gasteiger partial charge >= 0.3 is 0 Å². The van der Waals surface area contributed by atoms with Gasteiger partial charge in [-0.2, -0.15) is 0 Å². The maximum atomic E-state index is 12.2. The van der Waals surface area contributed by atoms with E-state index in [2.05, 4.69) is 10.2 Å². The molecule has 0 spiro atoms. The fourth-order valence-corrected chi connectivity index (χ4v) is 2.63. The molecule has 0 saturated carbocycles.